The molecule has 0 aliphatic rings. The highest BCUT2D eigenvalue weighted by atomic mass is 16.5. The first-order chi connectivity index (χ1) is 11.6. The number of rotatable bonds is 8. The first-order valence-electron chi connectivity index (χ1n) is 7.96. The van der Waals surface area contributed by atoms with E-state index in [9.17, 15) is 14.4 Å². The monoisotopic (exact) mass is 324 g/mol. The third kappa shape index (κ3) is 5.16. The summed E-state index contributed by atoms with van der Waals surface area (Å²) in [6.45, 7) is 1.73. The fourth-order valence-corrected chi connectivity index (χ4v) is 2.37. The van der Waals surface area contributed by atoms with Gasteiger partial charge in [0.15, 0.2) is 5.78 Å². The molecule has 0 aromatic heterocycles. The molecule has 0 heterocycles. The summed E-state index contributed by atoms with van der Waals surface area (Å²) in [6.07, 6.45) is 1.22. The van der Waals surface area contributed by atoms with Crippen LogP contribution in [0.25, 0.3) is 0 Å². The maximum Gasteiger partial charge on any atom is 0.375 e. The molecule has 24 heavy (non-hydrogen) atoms. The standard InChI is InChI=1S/C20H20O4/c1-2-24-20(23)19(22)14-18(21)17-10-6-9-16(13-17)12-11-15-7-4-3-5-8-15/h3-10,13H,2,11-12,14H2,1H3. The van der Waals surface area contributed by atoms with Crippen molar-refractivity contribution in [3.8, 4) is 0 Å². The number of carbonyl (C=O) groups is 3. The highest BCUT2D eigenvalue weighted by molar-refractivity contribution is 6.38. The normalized spacial score (nSPS) is 10.2. The van der Waals surface area contributed by atoms with Crippen LogP contribution in [0.2, 0.25) is 0 Å². The topological polar surface area (TPSA) is 60.4 Å². The minimum Gasteiger partial charge on any atom is -0.460 e. The Morgan fingerprint density at radius 1 is 0.875 bits per heavy atom. The Hall–Kier alpha value is -2.75. The molecule has 0 spiro atoms. The summed E-state index contributed by atoms with van der Waals surface area (Å²) in [5.41, 5.74) is 2.69. The van der Waals surface area contributed by atoms with E-state index in [0.29, 0.717) is 5.56 Å². The molecule has 2 aromatic carbocycles. The van der Waals surface area contributed by atoms with Gasteiger partial charge >= 0.3 is 5.97 Å². The third-order valence-corrected chi connectivity index (χ3v) is 3.62. The number of carbonyl (C=O) groups excluding carboxylic acids is 3. The van der Waals surface area contributed by atoms with Crippen LogP contribution >= 0.6 is 0 Å². The largest absolute Gasteiger partial charge is 0.460 e. The van der Waals surface area contributed by atoms with Gasteiger partial charge in [0.05, 0.1) is 13.0 Å². The molecule has 0 saturated carbocycles. The summed E-state index contributed by atoms with van der Waals surface area (Å²) in [7, 11) is 0. The first-order valence-corrected chi connectivity index (χ1v) is 7.96. The lowest BCUT2D eigenvalue weighted by Gasteiger charge is -2.05. The number of hydrogen-bond donors (Lipinski definition) is 0. The van der Waals surface area contributed by atoms with Gasteiger partial charge in [0.1, 0.15) is 0 Å². The summed E-state index contributed by atoms with van der Waals surface area (Å²) >= 11 is 0. The van der Waals surface area contributed by atoms with Crippen molar-refractivity contribution in [2.24, 2.45) is 0 Å². The van der Waals surface area contributed by atoms with Gasteiger partial charge in [-0.05, 0) is 37.0 Å². The van der Waals surface area contributed by atoms with Crippen molar-refractivity contribution in [3.05, 3.63) is 71.3 Å². The Morgan fingerprint density at radius 2 is 1.54 bits per heavy atom. The van der Waals surface area contributed by atoms with Crippen molar-refractivity contribution in [2.45, 2.75) is 26.2 Å². The first kappa shape index (κ1) is 17.6. The molecule has 2 aromatic rings. The predicted octanol–water partition coefficient (Wildman–Crippen LogP) is 3.18. The van der Waals surface area contributed by atoms with Crippen LogP contribution in [0.5, 0.6) is 0 Å². The minimum atomic E-state index is -0.953. The number of Topliss-reactive ketones (excluding diaryl/α,β-unsaturated/α-hetero) is 2. The number of ketones is 2. The quantitative estimate of drug-likeness (QED) is 0.324. The fourth-order valence-electron chi connectivity index (χ4n) is 2.37. The van der Waals surface area contributed by atoms with Crippen LogP contribution in [0.3, 0.4) is 0 Å². The molecule has 0 unspecified atom stereocenters. The zero-order valence-corrected chi connectivity index (χ0v) is 13.7. The number of ether oxygens (including phenoxy) is 1. The van der Waals surface area contributed by atoms with Gasteiger partial charge in [0, 0.05) is 5.56 Å². The zero-order chi connectivity index (χ0) is 17.4. The Labute approximate surface area is 141 Å². The van der Waals surface area contributed by atoms with Crippen molar-refractivity contribution < 1.29 is 19.1 Å². The molecule has 0 saturated heterocycles. The molecule has 0 radical (unpaired) electrons. The van der Waals surface area contributed by atoms with Crippen LogP contribution in [0, 0.1) is 0 Å². The van der Waals surface area contributed by atoms with E-state index >= 15 is 0 Å². The molecule has 0 amide bonds. The van der Waals surface area contributed by atoms with Crippen molar-refractivity contribution in [2.75, 3.05) is 6.61 Å². The summed E-state index contributed by atoms with van der Waals surface area (Å²) in [6, 6.07) is 17.3. The number of aryl methyl sites for hydroxylation is 2. The van der Waals surface area contributed by atoms with Gasteiger partial charge < -0.3 is 4.74 Å². The second-order valence-corrected chi connectivity index (χ2v) is 5.43. The molecule has 0 N–H and O–H groups in total. The molecule has 0 fully saturated rings. The lowest BCUT2D eigenvalue weighted by atomic mass is 9.99. The van der Waals surface area contributed by atoms with E-state index in [1.807, 2.05) is 24.3 Å². The van der Waals surface area contributed by atoms with Gasteiger partial charge in [-0.1, -0.05) is 48.5 Å². The smallest absolute Gasteiger partial charge is 0.375 e. The van der Waals surface area contributed by atoms with Crippen LogP contribution in [-0.2, 0) is 27.2 Å². The molecule has 0 bridgehead atoms. The molecule has 0 aliphatic carbocycles. The van der Waals surface area contributed by atoms with E-state index in [4.69, 9.17) is 0 Å². The van der Waals surface area contributed by atoms with Crippen LogP contribution in [0.4, 0.5) is 0 Å². The van der Waals surface area contributed by atoms with Crippen LogP contribution in [0.1, 0.15) is 34.8 Å². The van der Waals surface area contributed by atoms with E-state index in [-0.39, 0.29) is 12.4 Å². The van der Waals surface area contributed by atoms with Gasteiger partial charge in [-0.3, -0.25) is 9.59 Å². The van der Waals surface area contributed by atoms with Gasteiger partial charge in [-0.25, -0.2) is 4.79 Å². The summed E-state index contributed by atoms with van der Waals surface area (Å²) in [4.78, 5) is 35.1. The average molecular weight is 324 g/mol. The van der Waals surface area contributed by atoms with Gasteiger partial charge in [0.25, 0.3) is 0 Å². The van der Waals surface area contributed by atoms with Crippen LogP contribution < -0.4 is 0 Å². The number of benzene rings is 2. The van der Waals surface area contributed by atoms with Crippen LogP contribution in [-0.4, -0.2) is 24.1 Å². The highest BCUT2D eigenvalue weighted by Crippen LogP contribution is 2.12. The van der Waals surface area contributed by atoms with Gasteiger partial charge in [0.2, 0.25) is 5.78 Å². The van der Waals surface area contributed by atoms with Gasteiger partial charge in [-0.15, -0.1) is 0 Å². The summed E-state index contributed by atoms with van der Waals surface area (Å²) < 4.78 is 4.61. The molecule has 4 nitrogen and oxygen atoms in total. The molecular formula is C20H20O4. The lowest BCUT2D eigenvalue weighted by molar-refractivity contribution is -0.153. The lowest BCUT2D eigenvalue weighted by Crippen LogP contribution is -2.20. The predicted molar refractivity (Wildman–Crippen MR) is 90.9 cm³/mol. The Kier molecular flexibility index (Phi) is 6.43. The summed E-state index contributed by atoms with van der Waals surface area (Å²) in [5.74, 6) is -2.13. The SMILES string of the molecule is CCOC(=O)C(=O)CC(=O)c1cccc(CCc2ccccc2)c1. The Morgan fingerprint density at radius 3 is 2.25 bits per heavy atom. The van der Waals surface area contributed by atoms with E-state index in [1.165, 1.54) is 5.56 Å². The second-order valence-electron chi connectivity index (χ2n) is 5.43. The van der Waals surface area contributed by atoms with Gasteiger partial charge in [-0.2, -0.15) is 0 Å². The van der Waals surface area contributed by atoms with E-state index < -0.39 is 18.2 Å². The maximum atomic E-state index is 12.2. The van der Waals surface area contributed by atoms with Crippen molar-refractivity contribution in [3.63, 3.8) is 0 Å². The highest BCUT2D eigenvalue weighted by Gasteiger charge is 2.20. The minimum absolute atomic E-state index is 0.119. The maximum absolute atomic E-state index is 12.2. The van der Waals surface area contributed by atoms with Crippen molar-refractivity contribution in [1.29, 1.82) is 0 Å². The van der Waals surface area contributed by atoms with Crippen LogP contribution in [0.15, 0.2) is 54.6 Å². The fraction of sp³-hybridized carbons (Fsp3) is 0.250. The van der Waals surface area contributed by atoms with E-state index in [1.54, 1.807) is 25.1 Å². The molecule has 0 aliphatic heterocycles. The summed E-state index contributed by atoms with van der Waals surface area (Å²) in [5, 5.41) is 0. The molecular weight excluding hydrogens is 304 g/mol. The molecule has 124 valence electrons. The number of esters is 1. The Balaban J connectivity index is 1.97. The second kappa shape index (κ2) is 8.77. The van der Waals surface area contributed by atoms with E-state index in [2.05, 4.69) is 16.9 Å². The third-order valence-electron chi connectivity index (χ3n) is 3.62. The number of hydrogen-bond acceptors (Lipinski definition) is 4. The molecule has 4 heteroatoms. The Bertz CT molecular complexity index is 719. The van der Waals surface area contributed by atoms with Crippen molar-refractivity contribution >= 4 is 17.5 Å². The molecule has 2 rings (SSSR count). The zero-order valence-electron chi connectivity index (χ0n) is 13.7. The average Bonchev–Trinajstić information content (AvgIpc) is 2.61. The van der Waals surface area contributed by atoms with Crippen molar-refractivity contribution in [1.82, 2.24) is 0 Å². The van der Waals surface area contributed by atoms with E-state index in [0.717, 1.165) is 18.4 Å². The molecule has 0 atom stereocenters.